The van der Waals surface area contributed by atoms with Crippen molar-refractivity contribution in [2.24, 2.45) is 0 Å². The molecule has 118 valence electrons. The van der Waals surface area contributed by atoms with E-state index in [4.69, 9.17) is 15.2 Å². The largest absolute Gasteiger partial charge is 0.464 e. The number of benzene rings is 1. The number of aromatic nitrogens is 1. The lowest BCUT2D eigenvalue weighted by atomic mass is 10.2. The standard InChI is InChI=1S/C16H20N2O3S/c1-20-15(19)14-13(22-16(17)18-14)9-5-6-10-21-11-12-7-3-2-4-8-12/h2-4,7-8H,5-6,9-11H2,1H3,(H2,17,18). The Morgan fingerprint density at radius 1 is 1.27 bits per heavy atom. The van der Waals surface area contributed by atoms with Crippen LogP contribution in [0.3, 0.4) is 0 Å². The van der Waals surface area contributed by atoms with Crippen molar-refractivity contribution >= 4 is 22.4 Å². The summed E-state index contributed by atoms with van der Waals surface area (Å²) in [6.07, 6.45) is 2.60. The van der Waals surface area contributed by atoms with Crippen LogP contribution in [-0.4, -0.2) is 24.7 Å². The topological polar surface area (TPSA) is 74.4 Å². The molecule has 0 saturated heterocycles. The van der Waals surface area contributed by atoms with Gasteiger partial charge in [0, 0.05) is 11.5 Å². The number of nitrogen functional groups attached to an aromatic ring is 1. The summed E-state index contributed by atoms with van der Waals surface area (Å²) in [5.74, 6) is -0.428. The quantitative estimate of drug-likeness (QED) is 0.598. The fraction of sp³-hybridized carbons (Fsp3) is 0.375. The average Bonchev–Trinajstić information content (AvgIpc) is 2.92. The van der Waals surface area contributed by atoms with Crippen LogP contribution in [-0.2, 0) is 22.5 Å². The first-order valence-electron chi connectivity index (χ1n) is 7.16. The fourth-order valence-corrected chi connectivity index (χ4v) is 2.91. The highest BCUT2D eigenvalue weighted by Crippen LogP contribution is 2.23. The molecule has 2 N–H and O–H groups in total. The van der Waals surface area contributed by atoms with Crippen molar-refractivity contribution in [1.29, 1.82) is 0 Å². The maximum absolute atomic E-state index is 11.6. The summed E-state index contributed by atoms with van der Waals surface area (Å²) < 4.78 is 10.3. The number of aryl methyl sites for hydroxylation is 1. The molecular formula is C16H20N2O3S. The first-order valence-corrected chi connectivity index (χ1v) is 7.97. The number of hydrogen-bond donors (Lipinski definition) is 1. The van der Waals surface area contributed by atoms with Crippen LogP contribution in [0.1, 0.15) is 33.8 Å². The van der Waals surface area contributed by atoms with Crippen molar-refractivity contribution in [3.8, 4) is 0 Å². The van der Waals surface area contributed by atoms with Crippen LogP contribution in [0.2, 0.25) is 0 Å². The van der Waals surface area contributed by atoms with Crippen molar-refractivity contribution in [2.75, 3.05) is 19.5 Å². The van der Waals surface area contributed by atoms with Crippen LogP contribution in [0, 0.1) is 0 Å². The summed E-state index contributed by atoms with van der Waals surface area (Å²) >= 11 is 1.34. The number of anilines is 1. The van der Waals surface area contributed by atoms with Gasteiger partial charge in [0.1, 0.15) is 0 Å². The van der Waals surface area contributed by atoms with Gasteiger partial charge in [-0.05, 0) is 24.8 Å². The molecule has 0 radical (unpaired) electrons. The molecule has 0 spiro atoms. The summed E-state index contributed by atoms with van der Waals surface area (Å²) in [6.45, 7) is 1.32. The van der Waals surface area contributed by atoms with E-state index < -0.39 is 5.97 Å². The van der Waals surface area contributed by atoms with Crippen molar-refractivity contribution in [3.05, 3.63) is 46.5 Å². The number of hydrogen-bond acceptors (Lipinski definition) is 6. The summed E-state index contributed by atoms with van der Waals surface area (Å²) in [4.78, 5) is 16.5. The number of thiazole rings is 1. The van der Waals surface area contributed by atoms with Crippen LogP contribution in [0.15, 0.2) is 30.3 Å². The SMILES string of the molecule is COC(=O)c1nc(N)sc1CCCCOCc1ccccc1. The molecule has 0 saturated carbocycles. The van der Waals surface area contributed by atoms with Gasteiger partial charge in [-0.1, -0.05) is 30.3 Å². The molecule has 0 bridgehead atoms. The highest BCUT2D eigenvalue weighted by Gasteiger charge is 2.17. The minimum absolute atomic E-state index is 0.343. The lowest BCUT2D eigenvalue weighted by Gasteiger charge is -2.04. The van der Waals surface area contributed by atoms with Crippen molar-refractivity contribution in [3.63, 3.8) is 0 Å². The third-order valence-corrected chi connectivity index (χ3v) is 4.09. The molecule has 1 aromatic heterocycles. The third-order valence-electron chi connectivity index (χ3n) is 3.15. The van der Waals surface area contributed by atoms with E-state index in [9.17, 15) is 4.79 Å². The predicted octanol–water partition coefficient (Wildman–Crippen LogP) is 3.05. The maximum Gasteiger partial charge on any atom is 0.357 e. The minimum Gasteiger partial charge on any atom is -0.464 e. The fourth-order valence-electron chi connectivity index (χ4n) is 2.05. The Hall–Kier alpha value is -1.92. The van der Waals surface area contributed by atoms with Crippen LogP contribution >= 0.6 is 11.3 Å². The van der Waals surface area contributed by atoms with E-state index in [0.29, 0.717) is 24.0 Å². The number of unbranched alkanes of at least 4 members (excludes halogenated alkanes) is 1. The molecule has 6 heteroatoms. The Balaban J connectivity index is 1.70. The van der Waals surface area contributed by atoms with Gasteiger partial charge in [-0.25, -0.2) is 9.78 Å². The molecule has 1 aromatic carbocycles. The minimum atomic E-state index is -0.428. The van der Waals surface area contributed by atoms with Crippen molar-refractivity contribution in [2.45, 2.75) is 25.9 Å². The second-order valence-electron chi connectivity index (χ2n) is 4.81. The third kappa shape index (κ3) is 4.82. The number of nitrogens with two attached hydrogens (primary N) is 1. The van der Waals surface area contributed by atoms with Gasteiger partial charge in [-0.2, -0.15) is 0 Å². The number of rotatable bonds is 8. The van der Waals surface area contributed by atoms with E-state index >= 15 is 0 Å². The number of nitrogens with zero attached hydrogens (tertiary/aromatic N) is 1. The molecule has 0 aliphatic rings. The van der Waals surface area contributed by atoms with Crippen LogP contribution in [0.4, 0.5) is 5.13 Å². The van der Waals surface area contributed by atoms with Crippen molar-refractivity contribution in [1.82, 2.24) is 4.98 Å². The summed E-state index contributed by atoms with van der Waals surface area (Å²) in [6, 6.07) is 10.1. The first-order chi connectivity index (χ1) is 10.7. The predicted molar refractivity (Wildman–Crippen MR) is 86.9 cm³/mol. The second-order valence-corrected chi connectivity index (χ2v) is 5.93. The average molecular weight is 320 g/mol. The molecule has 2 rings (SSSR count). The first kappa shape index (κ1) is 16.5. The molecule has 1 heterocycles. The van der Waals surface area contributed by atoms with Gasteiger partial charge < -0.3 is 15.2 Å². The van der Waals surface area contributed by atoms with E-state index in [0.717, 1.165) is 24.1 Å². The maximum atomic E-state index is 11.6. The Morgan fingerprint density at radius 2 is 2.05 bits per heavy atom. The van der Waals surface area contributed by atoms with Gasteiger partial charge >= 0.3 is 5.97 Å². The smallest absolute Gasteiger partial charge is 0.357 e. The summed E-state index contributed by atoms with van der Waals surface area (Å²) in [7, 11) is 1.35. The number of esters is 1. The van der Waals surface area contributed by atoms with Gasteiger partial charge in [-0.15, -0.1) is 11.3 Å². The molecule has 22 heavy (non-hydrogen) atoms. The molecular weight excluding hydrogens is 300 g/mol. The Bertz CT molecular complexity index is 599. The van der Waals surface area contributed by atoms with Gasteiger partial charge in [-0.3, -0.25) is 0 Å². The molecule has 0 atom stereocenters. The lowest BCUT2D eigenvalue weighted by molar-refractivity contribution is 0.0594. The van der Waals surface area contributed by atoms with E-state index in [1.54, 1.807) is 0 Å². The molecule has 5 nitrogen and oxygen atoms in total. The monoisotopic (exact) mass is 320 g/mol. The van der Waals surface area contributed by atoms with E-state index in [1.165, 1.54) is 24.0 Å². The summed E-state index contributed by atoms with van der Waals surface area (Å²) in [5.41, 5.74) is 7.18. The molecule has 0 amide bonds. The van der Waals surface area contributed by atoms with Crippen molar-refractivity contribution < 1.29 is 14.3 Å². The second kappa shape index (κ2) is 8.51. The molecule has 2 aromatic rings. The highest BCUT2D eigenvalue weighted by atomic mass is 32.1. The number of carbonyl (C=O) groups excluding carboxylic acids is 1. The number of methoxy groups -OCH3 is 1. The van der Waals surface area contributed by atoms with E-state index in [2.05, 4.69) is 4.98 Å². The Morgan fingerprint density at radius 3 is 2.77 bits per heavy atom. The van der Waals surface area contributed by atoms with Crippen LogP contribution in [0.5, 0.6) is 0 Å². The molecule has 0 unspecified atom stereocenters. The van der Waals surface area contributed by atoms with Gasteiger partial charge in [0.15, 0.2) is 10.8 Å². The molecule has 0 fully saturated rings. The van der Waals surface area contributed by atoms with E-state index in [1.807, 2.05) is 30.3 Å². The lowest BCUT2D eigenvalue weighted by Crippen LogP contribution is -2.05. The van der Waals surface area contributed by atoms with Gasteiger partial charge in [0.2, 0.25) is 0 Å². The zero-order valence-corrected chi connectivity index (χ0v) is 13.4. The number of ether oxygens (including phenoxy) is 2. The van der Waals surface area contributed by atoms with Gasteiger partial charge in [0.05, 0.1) is 13.7 Å². The Kier molecular flexibility index (Phi) is 6.36. The van der Waals surface area contributed by atoms with E-state index in [-0.39, 0.29) is 0 Å². The summed E-state index contributed by atoms with van der Waals surface area (Å²) in [5, 5.41) is 0.399. The van der Waals surface area contributed by atoms with Gasteiger partial charge in [0.25, 0.3) is 0 Å². The van der Waals surface area contributed by atoms with Crippen LogP contribution < -0.4 is 5.73 Å². The number of carbonyl (C=O) groups is 1. The molecule has 0 aliphatic heterocycles. The highest BCUT2D eigenvalue weighted by molar-refractivity contribution is 7.15. The normalized spacial score (nSPS) is 10.6. The zero-order valence-electron chi connectivity index (χ0n) is 12.6. The molecule has 0 aliphatic carbocycles. The zero-order chi connectivity index (χ0) is 15.8. The Labute approximate surface area is 134 Å². The van der Waals surface area contributed by atoms with Crippen LogP contribution in [0.25, 0.3) is 0 Å².